The summed E-state index contributed by atoms with van der Waals surface area (Å²) in [5, 5.41) is 0.619. The molecule has 1 amide bonds. The number of carbonyl (C=O) groups is 1. The second-order valence-electron chi connectivity index (χ2n) is 9.90. The number of benzene rings is 2. The van der Waals surface area contributed by atoms with Crippen LogP contribution in [-0.2, 0) is 24.4 Å². The van der Waals surface area contributed by atoms with E-state index in [2.05, 4.69) is 4.98 Å². The van der Waals surface area contributed by atoms with Crippen LogP contribution < -0.4 is 0 Å². The SMILES string of the molecule is Cc1cc(C(F)(F)F)cc2c1nc(Cc1c(Cl)ccc(C(=O)N3CCC4(CCOC4)CC3)c1Cl)n2C. The molecular formula is C26H26Cl2F3N3O2. The Labute approximate surface area is 217 Å². The lowest BCUT2D eigenvalue weighted by molar-refractivity contribution is -0.137. The number of ether oxygens (including phenoxy) is 1. The summed E-state index contributed by atoms with van der Waals surface area (Å²) in [7, 11) is 1.66. The molecule has 5 rings (SSSR count). The lowest BCUT2D eigenvalue weighted by Gasteiger charge is -2.38. The standard InChI is InChI=1S/C26H26Cl2F3N3O2/c1-15-11-16(26(29,30)31)12-20-23(15)32-21(33(20)2)13-18-19(27)4-3-17(22(18)28)24(35)34-8-5-25(6-9-34)7-10-36-14-25/h3-4,11-12H,5-10,13-14H2,1-2H3. The van der Waals surface area contributed by atoms with E-state index in [-0.39, 0.29) is 22.8 Å². The molecule has 2 aliphatic heterocycles. The largest absolute Gasteiger partial charge is 0.416 e. The van der Waals surface area contributed by atoms with E-state index in [1.54, 1.807) is 30.7 Å². The molecule has 1 aromatic heterocycles. The minimum atomic E-state index is -4.45. The maximum absolute atomic E-state index is 13.4. The highest BCUT2D eigenvalue weighted by Crippen LogP contribution is 2.40. The molecule has 1 spiro atoms. The zero-order valence-corrected chi connectivity index (χ0v) is 21.5. The van der Waals surface area contributed by atoms with Gasteiger partial charge in [0.05, 0.1) is 33.8 Å². The Hall–Kier alpha value is -2.29. The van der Waals surface area contributed by atoms with Crippen LogP contribution in [0.2, 0.25) is 10.0 Å². The molecule has 36 heavy (non-hydrogen) atoms. The van der Waals surface area contributed by atoms with Crippen molar-refractivity contribution in [1.29, 1.82) is 0 Å². The van der Waals surface area contributed by atoms with Crippen molar-refractivity contribution in [3.8, 4) is 0 Å². The molecule has 5 nitrogen and oxygen atoms in total. The van der Waals surface area contributed by atoms with Gasteiger partial charge in [0.25, 0.3) is 5.91 Å². The molecule has 0 aliphatic carbocycles. The van der Waals surface area contributed by atoms with Crippen molar-refractivity contribution in [1.82, 2.24) is 14.5 Å². The van der Waals surface area contributed by atoms with Gasteiger partial charge >= 0.3 is 6.18 Å². The lowest BCUT2D eigenvalue weighted by atomic mass is 9.78. The third-order valence-corrected chi connectivity index (χ3v) is 8.43. The Morgan fingerprint density at radius 1 is 1.17 bits per heavy atom. The first-order valence-corrected chi connectivity index (χ1v) is 12.6. The van der Waals surface area contributed by atoms with Crippen molar-refractivity contribution < 1.29 is 22.7 Å². The molecule has 0 saturated carbocycles. The average molecular weight is 540 g/mol. The van der Waals surface area contributed by atoms with Crippen LogP contribution in [0.5, 0.6) is 0 Å². The van der Waals surface area contributed by atoms with E-state index in [4.69, 9.17) is 27.9 Å². The summed E-state index contributed by atoms with van der Waals surface area (Å²) in [5.74, 6) is 0.351. The van der Waals surface area contributed by atoms with Crippen LogP contribution in [0.3, 0.4) is 0 Å². The fraction of sp³-hybridized carbons (Fsp3) is 0.462. The zero-order valence-electron chi connectivity index (χ0n) is 20.0. The minimum absolute atomic E-state index is 0.151. The molecule has 192 valence electrons. The molecule has 2 aromatic carbocycles. The van der Waals surface area contributed by atoms with Crippen LogP contribution in [-0.4, -0.2) is 46.7 Å². The molecule has 2 saturated heterocycles. The van der Waals surface area contributed by atoms with Crippen molar-refractivity contribution >= 4 is 40.1 Å². The number of likely N-dealkylation sites (tertiary alicyclic amines) is 1. The number of aromatic nitrogens is 2. The van der Waals surface area contributed by atoms with Gasteiger partial charge in [0.1, 0.15) is 5.82 Å². The highest BCUT2D eigenvalue weighted by molar-refractivity contribution is 6.38. The van der Waals surface area contributed by atoms with Gasteiger partial charge < -0.3 is 14.2 Å². The van der Waals surface area contributed by atoms with Gasteiger partial charge in [-0.05, 0) is 67.0 Å². The van der Waals surface area contributed by atoms with E-state index in [1.807, 2.05) is 4.90 Å². The Morgan fingerprint density at radius 2 is 1.89 bits per heavy atom. The van der Waals surface area contributed by atoms with Gasteiger partial charge in [-0.25, -0.2) is 4.98 Å². The molecule has 2 aliphatic rings. The third-order valence-electron chi connectivity index (χ3n) is 7.64. The highest BCUT2D eigenvalue weighted by atomic mass is 35.5. The number of nitrogens with zero attached hydrogens (tertiary/aromatic N) is 3. The summed E-state index contributed by atoms with van der Waals surface area (Å²) in [6.45, 7) is 4.42. The summed E-state index contributed by atoms with van der Waals surface area (Å²) in [5.41, 5.74) is 1.62. The molecule has 2 fully saturated rings. The number of hydrogen-bond donors (Lipinski definition) is 0. The smallest absolute Gasteiger partial charge is 0.381 e. The number of amides is 1. The number of piperidine rings is 1. The lowest BCUT2D eigenvalue weighted by Crippen LogP contribution is -2.43. The Kier molecular flexibility index (Phi) is 6.50. The topological polar surface area (TPSA) is 47.4 Å². The fourth-order valence-electron chi connectivity index (χ4n) is 5.31. The monoisotopic (exact) mass is 539 g/mol. The predicted molar refractivity (Wildman–Crippen MR) is 133 cm³/mol. The van der Waals surface area contributed by atoms with Crippen molar-refractivity contribution in [3.05, 3.63) is 62.4 Å². The number of fused-ring (bicyclic) bond motifs is 1. The molecule has 0 bridgehead atoms. The first-order chi connectivity index (χ1) is 17.0. The first kappa shape index (κ1) is 25.4. The average Bonchev–Trinajstić information content (AvgIpc) is 3.41. The van der Waals surface area contributed by atoms with Gasteiger partial charge in [0, 0.05) is 38.2 Å². The van der Waals surface area contributed by atoms with Crippen molar-refractivity contribution in [2.45, 2.75) is 38.8 Å². The van der Waals surface area contributed by atoms with Gasteiger partial charge in [-0.3, -0.25) is 4.79 Å². The quantitative estimate of drug-likeness (QED) is 0.384. The number of imidazole rings is 1. The van der Waals surface area contributed by atoms with Gasteiger partial charge in [-0.1, -0.05) is 23.2 Å². The second kappa shape index (κ2) is 9.23. The van der Waals surface area contributed by atoms with E-state index in [0.717, 1.165) is 44.6 Å². The molecule has 0 atom stereocenters. The third kappa shape index (κ3) is 4.48. The number of alkyl halides is 3. The number of rotatable bonds is 3. The molecular weight excluding hydrogens is 514 g/mol. The van der Waals surface area contributed by atoms with Gasteiger partial charge in [-0.2, -0.15) is 13.2 Å². The van der Waals surface area contributed by atoms with Crippen LogP contribution in [0, 0.1) is 12.3 Å². The van der Waals surface area contributed by atoms with Crippen LogP contribution in [0.4, 0.5) is 13.2 Å². The number of carbonyl (C=O) groups excluding carboxylic acids is 1. The zero-order chi connectivity index (χ0) is 25.8. The van der Waals surface area contributed by atoms with Crippen molar-refractivity contribution in [2.75, 3.05) is 26.3 Å². The van der Waals surface area contributed by atoms with Gasteiger partial charge in [0.15, 0.2) is 0 Å². The fourth-order valence-corrected chi connectivity index (χ4v) is 5.89. The van der Waals surface area contributed by atoms with E-state index in [0.29, 0.717) is 51.7 Å². The molecule has 0 N–H and O–H groups in total. The molecule has 0 unspecified atom stereocenters. The Balaban J connectivity index is 1.43. The maximum Gasteiger partial charge on any atom is 0.416 e. The van der Waals surface area contributed by atoms with Crippen LogP contribution in [0.1, 0.15) is 52.1 Å². The second-order valence-corrected chi connectivity index (χ2v) is 10.7. The van der Waals surface area contributed by atoms with Crippen LogP contribution >= 0.6 is 23.2 Å². The predicted octanol–water partition coefficient (Wildman–Crippen LogP) is 6.44. The summed E-state index contributed by atoms with van der Waals surface area (Å²) in [6, 6.07) is 5.47. The van der Waals surface area contributed by atoms with E-state index in [9.17, 15) is 18.0 Å². The molecule has 0 radical (unpaired) electrons. The summed E-state index contributed by atoms with van der Waals surface area (Å²) in [4.78, 5) is 19.8. The summed E-state index contributed by atoms with van der Waals surface area (Å²) in [6.07, 6.45) is -1.45. The van der Waals surface area contributed by atoms with Crippen molar-refractivity contribution in [2.24, 2.45) is 12.5 Å². The maximum atomic E-state index is 13.4. The minimum Gasteiger partial charge on any atom is -0.381 e. The van der Waals surface area contributed by atoms with Crippen LogP contribution in [0.15, 0.2) is 24.3 Å². The number of halogens is 5. The van der Waals surface area contributed by atoms with Crippen molar-refractivity contribution in [3.63, 3.8) is 0 Å². The van der Waals surface area contributed by atoms with Crippen LogP contribution in [0.25, 0.3) is 11.0 Å². The Morgan fingerprint density at radius 3 is 2.53 bits per heavy atom. The highest BCUT2D eigenvalue weighted by Gasteiger charge is 2.39. The van der Waals surface area contributed by atoms with Gasteiger partial charge in [0.2, 0.25) is 0 Å². The summed E-state index contributed by atoms with van der Waals surface area (Å²) < 4.78 is 47.2. The molecule has 10 heteroatoms. The van der Waals surface area contributed by atoms with E-state index in [1.165, 1.54) is 0 Å². The number of aryl methyl sites for hydroxylation is 2. The number of hydrogen-bond acceptors (Lipinski definition) is 3. The van der Waals surface area contributed by atoms with E-state index < -0.39 is 11.7 Å². The molecule has 3 aromatic rings. The van der Waals surface area contributed by atoms with E-state index >= 15 is 0 Å². The molecule has 3 heterocycles. The Bertz CT molecular complexity index is 1340. The normalized spacial score (nSPS) is 17.9. The summed E-state index contributed by atoms with van der Waals surface area (Å²) >= 11 is 13.2. The van der Waals surface area contributed by atoms with Gasteiger partial charge in [-0.15, -0.1) is 0 Å². The first-order valence-electron chi connectivity index (χ1n) is 11.9.